The third kappa shape index (κ3) is 5.77. The van der Waals surface area contributed by atoms with E-state index in [-0.39, 0.29) is 0 Å². The van der Waals surface area contributed by atoms with Crippen LogP contribution in [0.5, 0.6) is 0 Å². The highest BCUT2D eigenvalue weighted by molar-refractivity contribution is 5.14. The van der Waals surface area contributed by atoms with Gasteiger partial charge in [0.25, 0.3) is 0 Å². The average molecular weight is 345 g/mol. The summed E-state index contributed by atoms with van der Waals surface area (Å²) in [4.78, 5) is 9.46. The highest BCUT2D eigenvalue weighted by Gasteiger charge is 2.24. The van der Waals surface area contributed by atoms with Gasteiger partial charge in [-0.15, -0.1) is 0 Å². The van der Waals surface area contributed by atoms with Gasteiger partial charge in [0.2, 0.25) is 0 Å². The lowest BCUT2D eigenvalue weighted by molar-refractivity contribution is 0.0226. The van der Waals surface area contributed by atoms with Gasteiger partial charge in [0.1, 0.15) is 5.82 Å². The van der Waals surface area contributed by atoms with Gasteiger partial charge in [-0.1, -0.05) is 45.4 Å². The maximum Gasteiger partial charge on any atom is 0.131 e. The van der Waals surface area contributed by atoms with Crippen molar-refractivity contribution in [3.8, 4) is 0 Å². The Bertz CT molecular complexity index is 473. The van der Waals surface area contributed by atoms with E-state index in [9.17, 15) is 0 Å². The SMILES string of the molecule is CCCCCCO[C@H]1CC[C@H](c2cnc(C3CCCCC3)nc2)CC1. The van der Waals surface area contributed by atoms with Crippen molar-refractivity contribution in [2.45, 2.75) is 108 Å². The smallest absolute Gasteiger partial charge is 0.131 e. The number of rotatable bonds is 8. The molecule has 0 aliphatic heterocycles. The van der Waals surface area contributed by atoms with Crippen molar-refractivity contribution in [3.63, 3.8) is 0 Å². The second-order valence-electron chi connectivity index (χ2n) is 8.11. The third-order valence-electron chi connectivity index (χ3n) is 6.16. The number of hydrogen-bond acceptors (Lipinski definition) is 3. The molecule has 2 fully saturated rings. The van der Waals surface area contributed by atoms with Crippen molar-refractivity contribution >= 4 is 0 Å². The first kappa shape index (κ1) is 18.8. The van der Waals surface area contributed by atoms with Crippen molar-refractivity contribution < 1.29 is 4.74 Å². The first-order valence-electron chi connectivity index (χ1n) is 10.8. The molecule has 25 heavy (non-hydrogen) atoms. The summed E-state index contributed by atoms with van der Waals surface area (Å²) in [6, 6.07) is 0. The third-order valence-corrected chi connectivity index (χ3v) is 6.16. The molecule has 1 aromatic rings. The van der Waals surface area contributed by atoms with Gasteiger partial charge in [0.15, 0.2) is 0 Å². The summed E-state index contributed by atoms with van der Waals surface area (Å²) >= 11 is 0. The summed E-state index contributed by atoms with van der Waals surface area (Å²) in [6.45, 7) is 3.21. The molecule has 0 unspecified atom stereocenters. The monoisotopic (exact) mass is 344 g/mol. The van der Waals surface area contributed by atoms with Crippen LogP contribution >= 0.6 is 0 Å². The molecule has 2 saturated carbocycles. The van der Waals surface area contributed by atoms with Gasteiger partial charge >= 0.3 is 0 Å². The average Bonchev–Trinajstić information content (AvgIpc) is 2.69. The fraction of sp³-hybridized carbons (Fsp3) is 0.818. The molecule has 1 aromatic heterocycles. The zero-order chi connectivity index (χ0) is 17.3. The lowest BCUT2D eigenvalue weighted by Gasteiger charge is -2.29. The fourth-order valence-electron chi connectivity index (χ4n) is 4.47. The van der Waals surface area contributed by atoms with Crippen LogP contribution in [0.15, 0.2) is 12.4 Å². The second kappa shape index (κ2) is 10.3. The molecule has 0 amide bonds. The van der Waals surface area contributed by atoms with Crippen LogP contribution in [0.3, 0.4) is 0 Å². The Labute approximate surface area is 154 Å². The Morgan fingerprint density at radius 1 is 0.840 bits per heavy atom. The molecule has 0 bridgehead atoms. The molecule has 0 radical (unpaired) electrons. The van der Waals surface area contributed by atoms with Crippen LogP contribution in [0, 0.1) is 0 Å². The highest BCUT2D eigenvalue weighted by Crippen LogP contribution is 2.35. The molecule has 2 aliphatic rings. The molecule has 0 N–H and O–H groups in total. The zero-order valence-corrected chi connectivity index (χ0v) is 16.1. The maximum absolute atomic E-state index is 6.08. The molecule has 0 aromatic carbocycles. The van der Waals surface area contributed by atoms with Crippen molar-refractivity contribution in [3.05, 3.63) is 23.8 Å². The van der Waals surface area contributed by atoms with Gasteiger partial charge in [-0.3, -0.25) is 0 Å². The van der Waals surface area contributed by atoms with Gasteiger partial charge in [0, 0.05) is 24.9 Å². The molecule has 3 rings (SSSR count). The number of ether oxygens (including phenoxy) is 1. The van der Waals surface area contributed by atoms with Gasteiger partial charge in [-0.05, 0) is 56.4 Å². The Kier molecular flexibility index (Phi) is 7.72. The Morgan fingerprint density at radius 2 is 1.56 bits per heavy atom. The molecular formula is C22H36N2O. The maximum atomic E-state index is 6.08. The lowest BCUT2D eigenvalue weighted by Crippen LogP contribution is -2.21. The van der Waals surface area contributed by atoms with Gasteiger partial charge < -0.3 is 4.74 Å². The van der Waals surface area contributed by atoms with E-state index in [2.05, 4.69) is 19.3 Å². The number of unbranched alkanes of at least 4 members (excludes halogenated alkanes) is 3. The van der Waals surface area contributed by atoms with E-state index in [4.69, 9.17) is 14.7 Å². The van der Waals surface area contributed by atoms with Crippen LogP contribution in [0.25, 0.3) is 0 Å². The molecule has 140 valence electrons. The quantitative estimate of drug-likeness (QED) is 0.531. The van der Waals surface area contributed by atoms with E-state index in [0.717, 1.165) is 12.4 Å². The summed E-state index contributed by atoms with van der Waals surface area (Å²) < 4.78 is 6.08. The number of nitrogens with zero attached hydrogens (tertiary/aromatic N) is 2. The molecule has 0 saturated heterocycles. The van der Waals surface area contributed by atoms with E-state index in [1.165, 1.54) is 89.0 Å². The number of aromatic nitrogens is 2. The molecule has 0 spiro atoms. The number of hydrogen-bond donors (Lipinski definition) is 0. The highest BCUT2D eigenvalue weighted by atomic mass is 16.5. The van der Waals surface area contributed by atoms with Gasteiger partial charge in [-0.2, -0.15) is 0 Å². The Balaban J connectivity index is 1.40. The van der Waals surface area contributed by atoms with Crippen LogP contribution in [0.1, 0.15) is 114 Å². The van der Waals surface area contributed by atoms with E-state index in [1.54, 1.807) is 0 Å². The minimum atomic E-state index is 0.486. The zero-order valence-electron chi connectivity index (χ0n) is 16.1. The Morgan fingerprint density at radius 3 is 2.24 bits per heavy atom. The first-order chi connectivity index (χ1) is 12.4. The first-order valence-corrected chi connectivity index (χ1v) is 10.8. The molecule has 3 heteroatoms. The van der Waals surface area contributed by atoms with Crippen molar-refractivity contribution in [1.82, 2.24) is 9.97 Å². The van der Waals surface area contributed by atoms with Gasteiger partial charge in [0.05, 0.1) is 6.10 Å². The predicted molar refractivity (Wildman–Crippen MR) is 103 cm³/mol. The largest absolute Gasteiger partial charge is 0.378 e. The van der Waals surface area contributed by atoms with Crippen LogP contribution in [-0.2, 0) is 4.74 Å². The van der Waals surface area contributed by atoms with Crippen LogP contribution in [0.2, 0.25) is 0 Å². The van der Waals surface area contributed by atoms with Crippen LogP contribution in [-0.4, -0.2) is 22.7 Å². The standard InChI is InChI=1S/C22H36N2O/c1-2-3-4-8-15-25-21-13-11-18(12-14-21)20-16-23-22(24-17-20)19-9-6-5-7-10-19/h16-19,21H,2-15H2,1H3/t18-,21-. The fourth-order valence-corrected chi connectivity index (χ4v) is 4.47. The van der Waals surface area contributed by atoms with E-state index in [0.29, 0.717) is 17.9 Å². The Hall–Kier alpha value is -0.960. The predicted octanol–water partition coefficient (Wildman–Crippen LogP) is 6.15. The van der Waals surface area contributed by atoms with Crippen molar-refractivity contribution in [2.24, 2.45) is 0 Å². The minimum absolute atomic E-state index is 0.486. The summed E-state index contributed by atoms with van der Waals surface area (Å²) in [7, 11) is 0. The molecule has 1 heterocycles. The van der Waals surface area contributed by atoms with E-state index in [1.807, 2.05) is 0 Å². The minimum Gasteiger partial charge on any atom is -0.378 e. The van der Waals surface area contributed by atoms with E-state index >= 15 is 0 Å². The molecule has 2 aliphatic carbocycles. The summed E-state index contributed by atoms with van der Waals surface area (Å²) in [5.74, 6) is 2.34. The summed E-state index contributed by atoms with van der Waals surface area (Å²) in [6.07, 6.45) is 21.4. The lowest BCUT2D eigenvalue weighted by atomic mass is 9.83. The van der Waals surface area contributed by atoms with E-state index < -0.39 is 0 Å². The summed E-state index contributed by atoms with van der Waals surface area (Å²) in [5, 5.41) is 0. The molecular weight excluding hydrogens is 308 g/mol. The summed E-state index contributed by atoms with van der Waals surface area (Å²) in [5.41, 5.74) is 1.35. The topological polar surface area (TPSA) is 35.0 Å². The normalized spacial score (nSPS) is 25.2. The van der Waals surface area contributed by atoms with Gasteiger partial charge in [-0.25, -0.2) is 9.97 Å². The molecule has 0 atom stereocenters. The van der Waals surface area contributed by atoms with Crippen molar-refractivity contribution in [2.75, 3.05) is 6.61 Å². The molecule has 3 nitrogen and oxygen atoms in total. The van der Waals surface area contributed by atoms with Crippen LogP contribution < -0.4 is 0 Å². The van der Waals surface area contributed by atoms with Crippen LogP contribution in [0.4, 0.5) is 0 Å². The second-order valence-corrected chi connectivity index (χ2v) is 8.11. The van der Waals surface area contributed by atoms with Crippen molar-refractivity contribution in [1.29, 1.82) is 0 Å².